The second-order valence-electron chi connectivity index (χ2n) is 8.82. The van der Waals surface area contributed by atoms with E-state index in [1.807, 2.05) is 30.3 Å². The van der Waals surface area contributed by atoms with E-state index < -0.39 is 6.09 Å². The number of ketones is 1. The highest BCUT2D eigenvalue weighted by atomic mass is 16.6. The minimum Gasteiger partial charge on any atom is -0.496 e. The molecule has 2 N–H and O–H groups in total. The van der Waals surface area contributed by atoms with E-state index in [0.29, 0.717) is 30.7 Å². The van der Waals surface area contributed by atoms with Crippen LogP contribution in [0.25, 0.3) is 0 Å². The maximum atomic E-state index is 12.9. The van der Waals surface area contributed by atoms with Gasteiger partial charge >= 0.3 is 6.09 Å². The molecule has 0 atom stereocenters. The maximum absolute atomic E-state index is 12.9. The summed E-state index contributed by atoms with van der Waals surface area (Å²) in [5.74, 6) is 0.298. The molecule has 0 unspecified atom stereocenters. The predicted molar refractivity (Wildman–Crippen MR) is 132 cm³/mol. The van der Waals surface area contributed by atoms with Gasteiger partial charge in [-0.15, -0.1) is 0 Å². The predicted octanol–water partition coefficient (Wildman–Crippen LogP) is 3.64. The molecule has 1 aliphatic carbocycles. The number of hydrogen-bond donors (Lipinski definition) is 2. The van der Waals surface area contributed by atoms with E-state index >= 15 is 0 Å². The van der Waals surface area contributed by atoms with Crippen LogP contribution in [0.4, 0.5) is 4.79 Å². The van der Waals surface area contributed by atoms with Crippen molar-refractivity contribution in [2.45, 2.75) is 44.1 Å². The standard InChI is InChI=1S/C27H34N2O6/c1-20(30)18-34-17-16-28-26(32)35-22-12-14-27(15-13-22,21-8-4-3-5-9-21)19-29-25(31)23-10-6-7-11-24(23)33-2/h3-11,22H,12-19H2,1-2H3,(H,28,32)(H,29,31). The summed E-state index contributed by atoms with van der Waals surface area (Å²) in [6, 6.07) is 17.3. The van der Waals surface area contributed by atoms with Gasteiger partial charge in [0.15, 0.2) is 5.78 Å². The molecule has 0 spiro atoms. The van der Waals surface area contributed by atoms with Crippen LogP contribution in [0.5, 0.6) is 5.75 Å². The Morgan fingerprint density at radius 2 is 1.66 bits per heavy atom. The van der Waals surface area contributed by atoms with Crippen molar-refractivity contribution in [3.63, 3.8) is 0 Å². The Bertz CT molecular complexity index is 986. The summed E-state index contributed by atoms with van der Waals surface area (Å²) in [6.07, 6.45) is 2.22. The summed E-state index contributed by atoms with van der Waals surface area (Å²) in [6.45, 7) is 2.49. The topological polar surface area (TPSA) is 103 Å². The van der Waals surface area contributed by atoms with Crippen LogP contribution in [-0.2, 0) is 19.7 Å². The molecule has 1 fully saturated rings. The Morgan fingerprint density at radius 3 is 2.34 bits per heavy atom. The van der Waals surface area contributed by atoms with E-state index in [1.165, 1.54) is 6.92 Å². The molecule has 2 aromatic carbocycles. The Morgan fingerprint density at radius 1 is 0.971 bits per heavy atom. The van der Waals surface area contributed by atoms with E-state index in [9.17, 15) is 14.4 Å². The summed E-state index contributed by atoms with van der Waals surface area (Å²) in [5.41, 5.74) is 1.40. The number of carbonyl (C=O) groups excluding carboxylic acids is 3. The molecule has 8 heteroatoms. The van der Waals surface area contributed by atoms with E-state index in [2.05, 4.69) is 22.8 Å². The molecule has 0 heterocycles. The monoisotopic (exact) mass is 482 g/mol. The summed E-state index contributed by atoms with van der Waals surface area (Å²) in [5, 5.41) is 5.77. The van der Waals surface area contributed by atoms with Crippen molar-refractivity contribution in [2.24, 2.45) is 0 Å². The van der Waals surface area contributed by atoms with Crippen LogP contribution in [-0.4, -0.2) is 57.3 Å². The molecule has 2 aromatic rings. The molecule has 0 radical (unpaired) electrons. The van der Waals surface area contributed by atoms with Crippen LogP contribution in [0.2, 0.25) is 0 Å². The molecule has 2 amide bonds. The molecule has 1 aliphatic rings. The molecule has 0 aliphatic heterocycles. The fourth-order valence-corrected chi connectivity index (χ4v) is 4.43. The lowest BCUT2D eigenvalue weighted by Crippen LogP contribution is -2.45. The average Bonchev–Trinajstić information content (AvgIpc) is 2.88. The molecular formula is C27H34N2O6. The lowest BCUT2D eigenvalue weighted by atomic mass is 9.68. The van der Waals surface area contributed by atoms with Crippen molar-refractivity contribution < 1.29 is 28.6 Å². The van der Waals surface area contributed by atoms with Crippen LogP contribution >= 0.6 is 0 Å². The molecule has 0 aromatic heterocycles. The van der Waals surface area contributed by atoms with Gasteiger partial charge < -0.3 is 24.8 Å². The minimum atomic E-state index is -0.488. The first-order valence-electron chi connectivity index (χ1n) is 11.9. The smallest absolute Gasteiger partial charge is 0.407 e. The average molecular weight is 483 g/mol. The van der Waals surface area contributed by atoms with Gasteiger partial charge in [0.1, 0.15) is 18.5 Å². The van der Waals surface area contributed by atoms with E-state index in [4.69, 9.17) is 14.2 Å². The van der Waals surface area contributed by atoms with Crippen molar-refractivity contribution in [3.05, 3.63) is 65.7 Å². The van der Waals surface area contributed by atoms with E-state index in [-0.39, 0.29) is 43.0 Å². The van der Waals surface area contributed by atoms with Crippen molar-refractivity contribution in [3.8, 4) is 5.75 Å². The highest BCUT2D eigenvalue weighted by molar-refractivity contribution is 5.97. The molecule has 3 rings (SSSR count). The number of para-hydroxylation sites is 1. The van der Waals surface area contributed by atoms with Gasteiger partial charge in [0.05, 0.1) is 19.3 Å². The largest absolute Gasteiger partial charge is 0.496 e. The van der Waals surface area contributed by atoms with Crippen molar-refractivity contribution in [1.82, 2.24) is 10.6 Å². The quantitative estimate of drug-likeness (QED) is 0.474. The van der Waals surface area contributed by atoms with Gasteiger partial charge in [-0.05, 0) is 50.3 Å². The fourth-order valence-electron chi connectivity index (χ4n) is 4.43. The number of methoxy groups -OCH3 is 1. The summed E-state index contributed by atoms with van der Waals surface area (Å²) in [7, 11) is 1.55. The van der Waals surface area contributed by atoms with Crippen molar-refractivity contribution in [2.75, 3.05) is 33.4 Å². The first-order chi connectivity index (χ1) is 16.9. The molecule has 1 saturated carbocycles. The van der Waals surface area contributed by atoms with Gasteiger partial charge in [-0.2, -0.15) is 0 Å². The Hall–Kier alpha value is -3.39. The number of rotatable bonds is 11. The lowest BCUT2D eigenvalue weighted by molar-refractivity contribution is -0.121. The second kappa shape index (κ2) is 12.9. The van der Waals surface area contributed by atoms with Crippen LogP contribution in [0, 0.1) is 0 Å². The number of benzene rings is 2. The zero-order chi connectivity index (χ0) is 25.1. The van der Waals surface area contributed by atoms with Gasteiger partial charge in [0.2, 0.25) is 0 Å². The zero-order valence-electron chi connectivity index (χ0n) is 20.4. The number of hydrogen-bond acceptors (Lipinski definition) is 6. The Kier molecular flexibility index (Phi) is 9.66. The maximum Gasteiger partial charge on any atom is 0.407 e. The number of ether oxygens (including phenoxy) is 3. The third-order valence-corrected chi connectivity index (χ3v) is 6.31. The lowest BCUT2D eigenvalue weighted by Gasteiger charge is -2.40. The van der Waals surface area contributed by atoms with E-state index in [0.717, 1.165) is 18.4 Å². The SMILES string of the molecule is COc1ccccc1C(=O)NCC1(c2ccccc2)CCC(OC(=O)NCCOCC(C)=O)CC1. The molecule has 188 valence electrons. The van der Waals surface area contributed by atoms with Gasteiger partial charge in [0.25, 0.3) is 5.91 Å². The summed E-state index contributed by atoms with van der Waals surface area (Å²) in [4.78, 5) is 36.0. The molecular weight excluding hydrogens is 448 g/mol. The molecule has 35 heavy (non-hydrogen) atoms. The Balaban J connectivity index is 1.57. The normalized spacial score (nSPS) is 19.4. The number of Topliss-reactive ketones (excluding diaryl/α,β-unsaturated/α-hetero) is 1. The van der Waals surface area contributed by atoms with Gasteiger partial charge in [-0.3, -0.25) is 9.59 Å². The van der Waals surface area contributed by atoms with Crippen LogP contribution in [0.15, 0.2) is 54.6 Å². The molecule has 0 saturated heterocycles. The second-order valence-corrected chi connectivity index (χ2v) is 8.82. The van der Waals surface area contributed by atoms with Gasteiger partial charge in [-0.1, -0.05) is 42.5 Å². The number of carbonyl (C=O) groups is 3. The number of nitrogens with one attached hydrogen (secondary N) is 2. The minimum absolute atomic E-state index is 0.0362. The fraction of sp³-hybridized carbons (Fsp3) is 0.444. The van der Waals surface area contributed by atoms with Crippen LogP contribution in [0.1, 0.15) is 48.5 Å². The van der Waals surface area contributed by atoms with E-state index in [1.54, 1.807) is 19.2 Å². The van der Waals surface area contributed by atoms with Crippen molar-refractivity contribution >= 4 is 17.8 Å². The first-order valence-corrected chi connectivity index (χ1v) is 11.9. The Labute approximate surface area is 206 Å². The van der Waals surface area contributed by atoms with Crippen LogP contribution < -0.4 is 15.4 Å². The van der Waals surface area contributed by atoms with Gasteiger partial charge in [0, 0.05) is 18.5 Å². The molecule has 8 nitrogen and oxygen atoms in total. The molecule has 0 bridgehead atoms. The summed E-state index contributed by atoms with van der Waals surface area (Å²) < 4.78 is 16.1. The highest BCUT2D eigenvalue weighted by Crippen LogP contribution is 2.40. The highest BCUT2D eigenvalue weighted by Gasteiger charge is 2.38. The van der Waals surface area contributed by atoms with Crippen LogP contribution in [0.3, 0.4) is 0 Å². The third kappa shape index (κ3) is 7.55. The first kappa shape index (κ1) is 26.2. The number of amides is 2. The summed E-state index contributed by atoms with van der Waals surface area (Å²) >= 11 is 0. The van der Waals surface area contributed by atoms with Gasteiger partial charge in [-0.25, -0.2) is 4.79 Å². The van der Waals surface area contributed by atoms with Crippen molar-refractivity contribution in [1.29, 1.82) is 0 Å². The third-order valence-electron chi connectivity index (χ3n) is 6.31. The number of alkyl carbamates (subject to hydrolysis) is 1. The zero-order valence-corrected chi connectivity index (χ0v) is 20.4.